The van der Waals surface area contributed by atoms with Crippen molar-refractivity contribution < 1.29 is 14.4 Å². The second-order valence-electron chi connectivity index (χ2n) is 4.60. The molecular formula is C14H17N3O3. The highest BCUT2D eigenvalue weighted by Gasteiger charge is 2.34. The molecule has 1 saturated heterocycles. The van der Waals surface area contributed by atoms with Gasteiger partial charge < -0.3 is 10.2 Å². The van der Waals surface area contributed by atoms with Crippen LogP contribution in [0.1, 0.15) is 24.2 Å². The van der Waals surface area contributed by atoms with E-state index < -0.39 is 17.9 Å². The van der Waals surface area contributed by atoms with Crippen LogP contribution in [0.5, 0.6) is 0 Å². The molecule has 106 valence electrons. The molecule has 0 radical (unpaired) electrons. The highest BCUT2D eigenvalue weighted by molar-refractivity contribution is 6.08. The number of imide groups is 1. The second-order valence-corrected chi connectivity index (χ2v) is 4.60. The first-order chi connectivity index (χ1) is 9.54. The molecular weight excluding hydrogens is 258 g/mol. The van der Waals surface area contributed by atoms with E-state index in [2.05, 4.69) is 10.6 Å². The molecule has 0 spiro atoms. The number of rotatable bonds is 3. The molecule has 1 aromatic rings. The van der Waals surface area contributed by atoms with E-state index in [-0.39, 0.29) is 12.5 Å². The normalized spacial score (nSPS) is 18.7. The number of nitrogens with one attached hydrogen (secondary N) is 2. The predicted molar refractivity (Wildman–Crippen MR) is 74.3 cm³/mol. The Morgan fingerprint density at radius 2 is 2.10 bits per heavy atom. The zero-order valence-corrected chi connectivity index (χ0v) is 11.5. The molecule has 6 nitrogen and oxygen atoms in total. The lowest BCUT2D eigenvalue weighted by Crippen LogP contribution is -2.58. The summed E-state index contributed by atoms with van der Waals surface area (Å²) in [5, 5.41) is 5.32. The van der Waals surface area contributed by atoms with Gasteiger partial charge in [0.2, 0.25) is 11.8 Å². The smallest absolute Gasteiger partial charge is 0.257 e. The Morgan fingerprint density at radius 3 is 2.80 bits per heavy atom. The molecule has 1 unspecified atom stereocenters. The van der Waals surface area contributed by atoms with Crippen LogP contribution in [0.25, 0.3) is 0 Å². The molecule has 0 saturated carbocycles. The van der Waals surface area contributed by atoms with Crippen LogP contribution in [0.3, 0.4) is 0 Å². The van der Waals surface area contributed by atoms with Crippen LogP contribution in [0.2, 0.25) is 0 Å². The summed E-state index contributed by atoms with van der Waals surface area (Å²) in [6.45, 7) is 4.11. The summed E-state index contributed by atoms with van der Waals surface area (Å²) >= 11 is 0. The molecule has 2 rings (SSSR count). The van der Waals surface area contributed by atoms with E-state index in [9.17, 15) is 14.4 Å². The minimum Gasteiger partial charge on any atom is -0.385 e. The van der Waals surface area contributed by atoms with Crippen molar-refractivity contribution >= 4 is 23.4 Å². The van der Waals surface area contributed by atoms with Gasteiger partial charge in [0.15, 0.2) is 0 Å². The molecule has 0 aliphatic carbocycles. The van der Waals surface area contributed by atoms with Gasteiger partial charge in [-0.15, -0.1) is 0 Å². The summed E-state index contributed by atoms with van der Waals surface area (Å²) in [5.74, 6) is -1.23. The van der Waals surface area contributed by atoms with Gasteiger partial charge in [0.25, 0.3) is 5.91 Å². The Morgan fingerprint density at radius 1 is 1.40 bits per heavy atom. The van der Waals surface area contributed by atoms with Crippen molar-refractivity contribution in [2.45, 2.75) is 19.9 Å². The highest BCUT2D eigenvalue weighted by Crippen LogP contribution is 2.19. The lowest BCUT2D eigenvalue weighted by molar-refractivity contribution is -0.138. The molecule has 2 N–H and O–H groups in total. The average Bonchev–Trinajstić information content (AvgIpc) is 2.43. The third-order valence-corrected chi connectivity index (χ3v) is 3.21. The van der Waals surface area contributed by atoms with Crippen LogP contribution in [0.15, 0.2) is 24.3 Å². The van der Waals surface area contributed by atoms with Gasteiger partial charge in [-0.1, -0.05) is 12.1 Å². The second kappa shape index (κ2) is 5.73. The predicted octanol–water partition coefficient (Wildman–Crippen LogP) is 0.605. The topological polar surface area (TPSA) is 78.5 Å². The number of carbonyl (C=O) groups is 3. The van der Waals surface area contributed by atoms with Crippen LogP contribution >= 0.6 is 0 Å². The number of piperazine rings is 1. The van der Waals surface area contributed by atoms with Crippen molar-refractivity contribution in [2.24, 2.45) is 0 Å². The van der Waals surface area contributed by atoms with Crippen molar-refractivity contribution in [2.75, 3.05) is 18.4 Å². The Kier molecular flexibility index (Phi) is 4.02. The molecule has 0 aromatic heterocycles. The fourth-order valence-corrected chi connectivity index (χ4v) is 2.13. The Hall–Kier alpha value is -2.37. The van der Waals surface area contributed by atoms with E-state index >= 15 is 0 Å². The van der Waals surface area contributed by atoms with Crippen molar-refractivity contribution in [1.82, 2.24) is 10.2 Å². The third kappa shape index (κ3) is 2.64. The summed E-state index contributed by atoms with van der Waals surface area (Å²) < 4.78 is 0. The molecule has 20 heavy (non-hydrogen) atoms. The van der Waals surface area contributed by atoms with Crippen LogP contribution < -0.4 is 10.6 Å². The standard InChI is InChI=1S/C14H17N3O3/c1-3-15-11-7-5-4-6-10(11)14(20)17-8-12(18)16-13(19)9(17)2/h4-7,9,15H,3,8H2,1-2H3,(H,16,18,19). The van der Waals surface area contributed by atoms with E-state index in [0.29, 0.717) is 17.8 Å². The molecule has 1 atom stereocenters. The largest absolute Gasteiger partial charge is 0.385 e. The monoisotopic (exact) mass is 275 g/mol. The number of benzene rings is 1. The van der Waals surface area contributed by atoms with Gasteiger partial charge in [0.05, 0.1) is 5.56 Å². The average molecular weight is 275 g/mol. The van der Waals surface area contributed by atoms with E-state index in [1.54, 1.807) is 25.1 Å². The van der Waals surface area contributed by atoms with Crippen LogP contribution in [-0.2, 0) is 9.59 Å². The number of para-hydroxylation sites is 1. The number of amides is 3. The van der Waals surface area contributed by atoms with Gasteiger partial charge >= 0.3 is 0 Å². The zero-order valence-electron chi connectivity index (χ0n) is 11.5. The summed E-state index contributed by atoms with van der Waals surface area (Å²) in [5.41, 5.74) is 1.16. The Labute approximate surface area is 117 Å². The number of nitrogens with zero attached hydrogens (tertiary/aromatic N) is 1. The highest BCUT2D eigenvalue weighted by atomic mass is 16.2. The third-order valence-electron chi connectivity index (χ3n) is 3.21. The number of hydrogen-bond acceptors (Lipinski definition) is 4. The maximum absolute atomic E-state index is 12.6. The molecule has 1 fully saturated rings. The number of carbonyl (C=O) groups excluding carboxylic acids is 3. The lowest BCUT2D eigenvalue weighted by atomic mass is 10.1. The summed E-state index contributed by atoms with van der Waals surface area (Å²) in [4.78, 5) is 36.9. The van der Waals surface area contributed by atoms with Gasteiger partial charge in [-0.25, -0.2) is 0 Å². The first-order valence-electron chi connectivity index (χ1n) is 6.52. The molecule has 3 amide bonds. The maximum Gasteiger partial charge on any atom is 0.257 e. The summed E-state index contributed by atoms with van der Waals surface area (Å²) in [6.07, 6.45) is 0. The van der Waals surface area contributed by atoms with Crippen LogP contribution in [-0.4, -0.2) is 41.8 Å². The molecule has 1 aromatic carbocycles. The van der Waals surface area contributed by atoms with E-state index in [1.807, 2.05) is 13.0 Å². The first-order valence-corrected chi connectivity index (χ1v) is 6.52. The minimum absolute atomic E-state index is 0.105. The van der Waals surface area contributed by atoms with Gasteiger partial charge in [0, 0.05) is 12.2 Å². The quantitative estimate of drug-likeness (QED) is 0.792. The van der Waals surface area contributed by atoms with Gasteiger partial charge in [-0.05, 0) is 26.0 Å². The zero-order chi connectivity index (χ0) is 14.7. The van der Waals surface area contributed by atoms with Gasteiger partial charge in [-0.2, -0.15) is 0 Å². The van der Waals surface area contributed by atoms with Crippen molar-refractivity contribution in [3.05, 3.63) is 29.8 Å². The fraction of sp³-hybridized carbons (Fsp3) is 0.357. The van der Waals surface area contributed by atoms with Crippen molar-refractivity contribution in [3.8, 4) is 0 Å². The molecule has 6 heteroatoms. The summed E-state index contributed by atoms with van der Waals surface area (Å²) in [6, 6.07) is 6.41. The molecule has 0 bridgehead atoms. The van der Waals surface area contributed by atoms with Gasteiger partial charge in [0.1, 0.15) is 12.6 Å². The maximum atomic E-state index is 12.6. The first kappa shape index (κ1) is 14.0. The van der Waals surface area contributed by atoms with Crippen LogP contribution in [0.4, 0.5) is 5.69 Å². The number of anilines is 1. The Bertz CT molecular complexity index is 556. The molecule has 1 aliphatic heterocycles. The lowest BCUT2D eigenvalue weighted by Gasteiger charge is -2.32. The van der Waals surface area contributed by atoms with E-state index in [1.165, 1.54) is 4.90 Å². The molecule has 1 heterocycles. The molecule has 1 aliphatic rings. The van der Waals surface area contributed by atoms with Crippen molar-refractivity contribution in [1.29, 1.82) is 0 Å². The Balaban J connectivity index is 2.30. The van der Waals surface area contributed by atoms with Crippen LogP contribution in [0, 0.1) is 0 Å². The van der Waals surface area contributed by atoms with E-state index in [0.717, 1.165) is 0 Å². The fourth-order valence-electron chi connectivity index (χ4n) is 2.13. The SMILES string of the molecule is CCNc1ccccc1C(=O)N1CC(=O)NC(=O)C1C. The number of hydrogen-bond donors (Lipinski definition) is 2. The minimum atomic E-state index is -0.658. The summed E-state index contributed by atoms with van der Waals surface area (Å²) in [7, 11) is 0. The van der Waals surface area contributed by atoms with Crippen molar-refractivity contribution in [3.63, 3.8) is 0 Å². The van der Waals surface area contributed by atoms with Gasteiger partial charge in [-0.3, -0.25) is 19.7 Å². The van der Waals surface area contributed by atoms with E-state index in [4.69, 9.17) is 0 Å².